The summed E-state index contributed by atoms with van der Waals surface area (Å²) in [4.78, 5) is 13.0. The summed E-state index contributed by atoms with van der Waals surface area (Å²) >= 11 is 1.45. The van der Waals surface area contributed by atoms with Crippen molar-refractivity contribution in [2.75, 3.05) is 11.6 Å². The number of hydrogen-bond acceptors (Lipinski definition) is 4. The van der Waals surface area contributed by atoms with Crippen LogP contribution < -0.4 is 10.0 Å². The Balaban J connectivity index is 2.34. The van der Waals surface area contributed by atoms with Crippen LogP contribution in [0.4, 0.5) is 5.69 Å². The number of carbonyl (C=O) groups excluding carboxylic acids is 1. The van der Waals surface area contributed by atoms with Crippen molar-refractivity contribution >= 4 is 33.4 Å². The number of aryl methyl sites for hydroxylation is 2. The van der Waals surface area contributed by atoms with Gasteiger partial charge in [-0.25, -0.2) is 13.1 Å². The van der Waals surface area contributed by atoms with Crippen LogP contribution in [0.2, 0.25) is 0 Å². The first-order valence-corrected chi connectivity index (χ1v) is 11.8. The quantitative estimate of drug-likeness (QED) is 0.639. The third-order valence-corrected chi connectivity index (χ3v) is 6.83. The van der Waals surface area contributed by atoms with E-state index in [2.05, 4.69) is 10.0 Å². The minimum Gasteiger partial charge on any atom is -0.325 e. The Hall–Kier alpha value is -1.83. The second kappa shape index (κ2) is 9.11. The monoisotopic (exact) mass is 420 g/mol. The lowest BCUT2D eigenvalue weighted by atomic mass is 10.0. The van der Waals surface area contributed by atoms with E-state index in [-0.39, 0.29) is 22.8 Å². The highest BCUT2D eigenvalue weighted by atomic mass is 32.2. The maximum absolute atomic E-state index is 13.0. The molecule has 0 bridgehead atoms. The molecule has 28 heavy (non-hydrogen) atoms. The van der Waals surface area contributed by atoms with Crippen LogP contribution in [0.1, 0.15) is 43.5 Å². The fourth-order valence-corrected chi connectivity index (χ4v) is 4.60. The molecule has 0 radical (unpaired) electrons. The van der Waals surface area contributed by atoms with Gasteiger partial charge in [0.15, 0.2) is 0 Å². The van der Waals surface area contributed by atoms with Crippen LogP contribution in [0.3, 0.4) is 0 Å². The van der Waals surface area contributed by atoms with E-state index in [1.165, 1.54) is 17.8 Å². The van der Waals surface area contributed by atoms with Gasteiger partial charge in [-0.05, 0) is 56.4 Å². The van der Waals surface area contributed by atoms with Crippen LogP contribution in [0.5, 0.6) is 0 Å². The van der Waals surface area contributed by atoms with Crippen molar-refractivity contribution in [1.29, 1.82) is 0 Å². The summed E-state index contributed by atoms with van der Waals surface area (Å²) in [7, 11) is -3.75. The zero-order valence-corrected chi connectivity index (χ0v) is 18.8. The van der Waals surface area contributed by atoms with Gasteiger partial charge in [-0.2, -0.15) is 0 Å². The molecule has 0 fully saturated rings. The third kappa shape index (κ3) is 5.37. The van der Waals surface area contributed by atoms with E-state index in [0.717, 1.165) is 21.6 Å². The van der Waals surface area contributed by atoms with Gasteiger partial charge in [0.05, 0.1) is 10.6 Å². The van der Waals surface area contributed by atoms with Crippen molar-refractivity contribution in [3.63, 3.8) is 0 Å². The Kier molecular flexibility index (Phi) is 7.31. The first-order valence-electron chi connectivity index (χ1n) is 9.13. The number of carbonyl (C=O) groups is 1. The van der Waals surface area contributed by atoms with Gasteiger partial charge in [-0.1, -0.05) is 37.6 Å². The number of hydrogen-bond donors (Lipinski definition) is 2. The van der Waals surface area contributed by atoms with Gasteiger partial charge < -0.3 is 5.32 Å². The normalized spacial score (nSPS) is 12.8. The van der Waals surface area contributed by atoms with Crippen LogP contribution in [-0.2, 0) is 14.8 Å². The predicted octanol–water partition coefficient (Wildman–Crippen LogP) is 4.66. The Labute approximate surface area is 172 Å². The molecule has 7 heteroatoms. The number of amides is 1. The maximum atomic E-state index is 13.0. The van der Waals surface area contributed by atoms with Crippen molar-refractivity contribution in [1.82, 2.24) is 4.72 Å². The minimum absolute atomic E-state index is 0.126. The number of benzene rings is 2. The van der Waals surface area contributed by atoms with Crippen molar-refractivity contribution in [2.24, 2.45) is 5.92 Å². The Morgan fingerprint density at radius 2 is 1.71 bits per heavy atom. The molecule has 0 aliphatic rings. The smallest absolute Gasteiger partial charge is 0.241 e. The summed E-state index contributed by atoms with van der Waals surface area (Å²) in [6.07, 6.45) is 1.88. The van der Waals surface area contributed by atoms with E-state index in [0.29, 0.717) is 5.69 Å². The van der Waals surface area contributed by atoms with Gasteiger partial charge in [-0.15, -0.1) is 11.8 Å². The molecule has 2 aromatic carbocycles. The second-order valence-electron chi connectivity index (χ2n) is 7.21. The number of sulfonamides is 1. The largest absolute Gasteiger partial charge is 0.325 e. The molecule has 2 aromatic rings. The fraction of sp³-hybridized carbons (Fsp3) is 0.381. The van der Waals surface area contributed by atoms with Crippen molar-refractivity contribution in [3.8, 4) is 0 Å². The summed E-state index contributed by atoms with van der Waals surface area (Å²) in [5.41, 5.74) is 3.56. The molecule has 152 valence electrons. The molecule has 2 N–H and O–H groups in total. The topological polar surface area (TPSA) is 75.3 Å². The van der Waals surface area contributed by atoms with Gasteiger partial charge in [0.2, 0.25) is 15.9 Å². The van der Waals surface area contributed by atoms with Crippen molar-refractivity contribution < 1.29 is 13.2 Å². The highest BCUT2D eigenvalue weighted by molar-refractivity contribution is 7.98. The highest BCUT2D eigenvalue weighted by Gasteiger charge is 2.21. The number of nitrogens with one attached hydrogen (secondary N) is 2. The molecule has 0 aliphatic heterocycles. The molecular weight excluding hydrogens is 392 g/mol. The maximum Gasteiger partial charge on any atom is 0.241 e. The zero-order valence-electron chi connectivity index (χ0n) is 17.2. The second-order valence-corrected chi connectivity index (χ2v) is 9.77. The SMILES string of the molecule is CSc1ccc(S(=O)(=O)NC(C)c2cc(C)ccc2C)cc1NC(=O)C(C)C. The first kappa shape index (κ1) is 22.5. The van der Waals surface area contributed by atoms with E-state index >= 15 is 0 Å². The number of rotatable bonds is 7. The van der Waals surface area contributed by atoms with Gasteiger partial charge in [0.25, 0.3) is 0 Å². The molecule has 2 rings (SSSR count). The third-order valence-electron chi connectivity index (χ3n) is 4.50. The van der Waals surface area contributed by atoms with E-state index in [1.807, 2.05) is 45.2 Å². The average molecular weight is 421 g/mol. The Morgan fingerprint density at radius 1 is 1.04 bits per heavy atom. The van der Waals surface area contributed by atoms with Gasteiger partial charge >= 0.3 is 0 Å². The molecule has 0 heterocycles. The molecule has 0 spiro atoms. The molecular formula is C21H28N2O3S2. The molecule has 0 saturated carbocycles. The highest BCUT2D eigenvalue weighted by Crippen LogP contribution is 2.29. The molecule has 1 amide bonds. The molecule has 0 aromatic heterocycles. The predicted molar refractivity (Wildman–Crippen MR) is 116 cm³/mol. The zero-order chi connectivity index (χ0) is 21.1. The lowest BCUT2D eigenvalue weighted by Gasteiger charge is -2.18. The number of anilines is 1. The summed E-state index contributed by atoms with van der Waals surface area (Å²) < 4.78 is 28.7. The van der Waals surface area contributed by atoms with E-state index in [4.69, 9.17) is 0 Å². The molecule has 1 atom stereocenters. The minimum atomic E-state index is -3.75. The molecule has 5 nitrogen and oxygen atoms in total. The Bertz CT molecular complexity index is 970. The van der Waals surface area contributed by atoms with E-state index in [1.54, 1.807) is 26.0 Å². The lowest BCUT2D eigenvalue weighted by molar-refractivity contribution is -0.118. The molecule has 0 aliphatic carbocycles. The van der Waals surface area contributed by atoms with E-state index in [9.17, 15) is 13.2 Å². The molecule has 0 saturated heterocycles. The van der Waals surface area contributed by atoms with Gasteiger partial charge in [0.1, 0.15) is 0 Å². The standard InChI is InChI=1S/C21H28N2O3S2/c1-13(2)21(24)22-19-12-17(9-10-20(19)27-6)28(25,26)23-16(5)18-11-14(3)7-8-15(18)4/h7-13,16,23H,1-6H3,(H,22,24). The molecule has 1 unspecified atom stereocenters. The van der Waals surface area contributed by atoms with Crippen LogP contribution >= 0.6 is 11.8 Å². The number of thioether (sulfide) groups is 1. The summed E-state index contributed by atoms with van der Waals surface area (Å²) in [5.74, 6) is -0.348. The van der Waals surface area contributed by atoms with Gasteiger partial charge in [-0.3, -0.25) is 4.79 Å². The summed E-state index contributed by atoms with van der Waals surface area (Å²) in [6.45, 7) is 9.36. The fourth-order valence-electron chi connectivity index (χ4n) is 2.82. The Morgan fingerprint density at radius 3 is 2.32 bits per heavy atom. The average Bonchev–Trinajstić information content (AvgIpc) is 2.63. The van der Waals surface area contributed by atoms with Gasteiger partial charge in [0, 0.05) is 16.9 Å². The summed E-state index contributed by atoms with van der Waals surface area (Å²) in [5, 5.41) is 2.82. The van der Waals surface area contributed by atoms with Crippen LogP contribution in [0.25, 0.3) is 0 Å². The first-order chi connectivity index (χ1) is 13.0. The van der Waals surface area contributed by atoms with Crippen LogP contribution in [-0.4, -0.2) is 20.6 Å². The van der Waals surface area contributed by atoms with Crippen LogP contribution in [0.15, 0.2) is 46.2 Å². The summed E-state index contributed by atoms with van der Waals surface area (Å²) in [6, 6.07) is 10.4. The van der Waals surface area contributed by atoms with Crippen molar-refractivity contribution in [3.05, 3.63) is 53.1 Å². The van der Waals surface area contributed by atoms with Crippen LogP contribution in [0, 0.1) is 19.8 Å². The van der Waals surface area contributed by atoms with Crippen molar-refractivity contribution in [2.45, 2.75) is 50.5 Å². The lowest BCUT2D eigenvalue weighted by Crippen LogP contribution is -2.27. The van der Waals surface area contributed by atoms with E-state index < -0.39 is 10.0 Å².